The molecule has 0 aromatic heterocycles. The average molecular weight is 243 g/mol. The van der Waals surface area contributed by atoms with E-state index in [9.17, 15) is 9.90 Å². The summed E-state index contributed by atoms with van der Waals surface area (Å²) < 4.78 is 0. The van der Waals surface area contributed by atoms with E-state index >= 15 is 0 Å². The number of nitrogens with one attached hydrogen (secondary N) is 1. The lowest BCUT2D eigenvalue weighted by Crippen LogP contribution is -2.53. The van der Waals surface area contributed by atoms with Gasteiger partial charge >= 0.3 is 5.97 Å². The molecule has 0 aromatic carbocycles. The molecule has 3 nitrogen and oxygen atoms in total. The summed E-state index contributed by atoms with van der Waals surface area (Å²) in [6.07, 6.45) is 7.18. The van der Waals surface area contributed by atoms with Crippen LogP contribution < -0.4 is 5.32 Å². The third-order valence-corrected chi connectivity index (χ3v) is 3.51. The van der Waals surface area contributed by atoms with Crippen LogP contribution in [0.1, 0.15) is 72.6 Å². The van der Waals surface area contributed by atoms with Crippen molar-refractivity contribution in [2.75, 3.05) is 0 Å². The summed E-state index contributed by atoms with van der Waals surface area (Å²) in [4.78, 5) is 11.4. The van der Waals surface area contributed by atoms with Gasteiger partial charge in [-0.25, -0.2) is 0 Å². The number of unbranched alkanes of at least 4 members (excludes halogenated alkanes) is 3. The second kappa shape index (κ2) is 8.51. The van der Waals surface area contributed by atoms with E-state index in [1.165, 1.54) is 12.8 Å². The Balaban J connectivity index is 4.30. The Morgan fingerprint density at radius 1 is 1.18 bits per heavy atom. The minimum absolute atomic E-state index is 0.308. The fraction of sp³-hybridized carbons (Fsp3) is 0.929. The maximum Gasteiger partial charge on any atom is 0.323 e. The van der Waals surface area contributed by atoms with Crippen LogP contribution in [0, 0.1) is 0 Å². The highest BCUT2D eigenvalue weighted by Crippen LogP contribution is 2.18. The smallest absolute Gasteiger partial charge is 0.323 e. The number of carboxylic acid groups (broad SMARTS) is 1. The third-order valence-electron chi connectivity index (χ3n) is 3.51. The first-order valence-electron chi connectivity index (χ1n) is 7.01. The first-order valence-corrected chi connectivity index (χ1v) is 7.01. The average Bonchev–Trinajstić information content (AvgIpc) is 2.31. The lowest BCUT2D eigenvalue weighted by molar-refractivity contribution is -0.145. The highest BCUT2D eigenvalue weighted by molar-refractivity contribution is 5.78. The zero-order valence-corrected chi connectivity index (χ0v) is 11.9. The van der Waals surface area contributed by atoms with Crippen molar-refractivity contribution in [3.05, 3.63) is 0 Å². The standard InChI is InChI=1S/C14H29NO2/c1-5-8-9-10-11-14(4,13(16)17)15-12(6-2)7-3/h12,15H,5-11H2,1-4H3,(H,16,17). The summed E-state index contributed by atoms with van der Waals surface area (Å²) >= 11 is 0. The minimum Gasteiger partial charge on any atom is -0.480 e. The molecule has 0 fully saturated rings. The van der Waals surface area contributed by atoms with Crippen molar-refractivity contribution >= 4 is 5.97 Å². The maximum absolute atomic E-state index is 11.4. The van der Waals surface area contributed by atoms with E-state index < -0.39 is 11.5 Å². The normalized spacial score (nSPS) is 14.9. The first kappa shape index (κ1) is 16.4. The predicted molar refractivity (Wildman–Crippen MR) is 72.3 cm³/mol. The number of carboxylic acids is 1. The Labute approximate surface area is 106 Å². The van der Waals surface area contributed by atoms with Crippen LogP contribution in [-0.2, 0) is 4.79 Å². The van der Waals surface area contributed by atoms with E-state index in [1.54, 1.807) is 0 Å². The summed E-state index contributed by atoms with van der Waals surface area (Å²) in [7, 11) is 0. The molecule has 0 saturated carbocycles. The quantitative estimate of drug-likeness (QED) is 0.577. The minimum atomic E-state index is -0.759. The van der Waals surface area contributed by atoms with Gasteiger partial charge in [-0.3, -0.25) is 10.1 Å². The van der Waals surface area contributed by atoms with Gasteiger partial charge in [0.25, 0.3) is 0 Å². The zero-order chi connectivity index (χ0) is 13.3. The molecule has 1 atom stereocenters. The van der Waals surface area contributed by atoms with Gasteiger partial charge in [-0.15, -0.1) is 0 Å². The Bertz CT molecular complexity index is 214. The molecule has 2 N–H and O–H groups in total. The second-order valence-electron chi connectivity index (χ2n) is 5.11. The third kappa shape index (κ3) is 6.06. The van der Waals surface area contributed by atoms with Crippen LogP contribution in [0.3, 0.4) is 0 Å². The molecule has 0 aliphatic carbocycles. The van der Waals surface area contributed by atoms with E-state index in [4.69, 9.17) is 0 Å². The topological polar surface area (TPSA) is 49.3 Å². The van der Waals surface area contributed by atoms with Gasteiger partial charge in [-0.1, -0.05) is 46.5 Å². The van der Waals surface area contributed by atoms with E-state index in [0.717, 1.165) is 32.1 Å². The van der Waals surface area contributed by atoms with Crippen molar-refractivity contribution in [1.29, 1.82) is 0 Å². The van der Waals surface area contributed by atoms with Gasteiger partial charge < -0.3 is 5.11 Å². The molecule has 0 aliphatic rings. The first-order chi connectivity index (χ1) is 8.00. The number of hydrogen-bond donors (Lipinski definition) is 2. The monoisotopic (exact) mass is 243 g/mol. The van der Waals surface area contributed by atoms with Crippen LogP contribution in [-0.4, -0.2) is 22.7 Å². The van der Waals surface area contributed by atoms with Crippen molar-refractivity contribution in [3.8, 4) is 0 Å². The van der Waals surface area contributed by atoms with Crippen molar-refractivity contribution in [3.63, 3.8) is 0 Å². The van der Waals surface area contributed by atoms with Crippen molar-refractivity contribution < 1.29 is 9.90 Å². The molecule has 0 amide bonds. The lowest BCUT2D eigenvalue weighted by Gasteiger charge is -2.31. The molecule has 0 spiro atoms. The second-order valence-corrected chi connectivity index (χ2v) is 5.11. The molecule has 1 unspecified atom stereocenters. The van der Waals surface area contributed by atoms with Crippen LogP contribution >= 0.6 is 0 Å². The summed E-state index contributed by atoms with van der Waals surface area (Å²) in [6, 6.07) is 0.308. The van der Waals surface area contributed by atoms with Crippen LogP contribution in [0.25, 0.3) is 0 Å². The molecule has 0 bridgehead atoms. The van der Waals surface area contributed by atoms with Crippen molar-refractivity contribution in [1.82, 2.24) is 5.32 Å². The molecule has 0 aliphatic heterocycles. The Hall–Kier alpha value is -0.570. The molecular weight excluding hydrogens is 214 g/mol. The fourth-order valence-corrected chi connectivity index (χ4v) is 2.09. The van der Waals surface area contributed by atoms with Gasteiger partial charge in [0.1, 0.15) is 5.54 Å². The number of hydrogen-bond acceptors (Lipinski definition) is 2. The van der Waals surface area contributed by atoms with E-state index in [2.05, 4.69) is 26.1 Å². The largest absolute Gasteiger partial charge is 0.480 e. The lowest BCUT2D eigenvalue weighted by atomic mass is 9.92. The summed E-state index contributed by atoms with van der Waals surface area (Å²) in [5, 5.41) is 12.7. The fourth-order valence-electron chi connectivity index (χ4n) is 2.09. The Morgan fingerprint density at radius 3 is 2.18 bits per heavy atom. The molecular formula is C14H29NO2. The molecule has 102 valence electrons. The molecule has 0 saturated heterocycles. The predicted octanol–water partition coefficient (Wildman–Crippen LogP) is 3.58. The maximum atomic E-state index is 11.4. The number of aliphatic carboxylic acids is 1. The Kier molecular flexibility index (Phi) is 8.23. The van der Waals surface area contributed by atoms with Gasteiger partial charge in [-0.2, -0.15) is 0 Å². The van der Waals surface area contributed by atoms with Gasteiger partial charge in [0.15, 0.2) is 0 Å². The zero-order valence-electron chi connectivity index (χ0n) is 11.9. The summed E-state index contributed by atoms with van der Waals surface area (Å²) in [5.74, 6) is -0.721. The van der Waals surface area contributed by atoms with Gasteiger partial charge in [0.05, 0.1) is 0 Å². The summed E-state index contributed by atoms with van der Waals surface area (Å²) in [6.45, 7) is 8.18. The van der Waals surface area contributed by atoms with Crippen molar-refractivity contribution in [2.45, 2.75) is 84.2 Å². The molecule has 0 heterocycles. The SMILES string of the molecule is CCCCCCC(C)(NC(CC)CC)C(=O)O. The van der Waals surface area contributed by atoms with Gasteiger partial charge in [-0.05, 0) is 26.2 Å². The molecule has 0 aromatic rings. The summed E-state index contributed by atoms with van der Waals surface area (Å²) in [5.41, 5.74) is -0.759. The van der Waals surface area contributed by atoms with Crippen LogP contribution in [0.5, 0.6) is 0 Å². The van der Waals surface area contributed by atoms with Crippen LogP contribution in [0.4, 0.5) is 0 Å². The molecule has 17 heavy (non-hydrogen) atoms. The van der Waals surface area contributed by atoms with E-state index in [0.29, 0.717) is 6.04 Å². The number of carbonyl (C=O) groups is 1. The molecule has 3 heteroatoms. The molecule has 0 radical (unpaired) electrons. The highest BCUT2D eigenvalue weighted by atomic mass is 16.4. The molecule has 0 rings (SSSR count). The Morgan fingerprint density at radius 2 is 1.76 bits per heavy atom. The van der Waals surface area contributed by atoms with E-state index in [-0.39, 0.29) is 0 Å². The van der Waals surface area contributed by atoms with Gasteiger partial charge in [0.2, 0.25) is 0 Å². The van der Waals surface area contributed by atoms with Gasteiger partial charge in [0, 0.05) is 6.04 Å². The van der Waals surface area contributed by atoms with Crippen LogP contribution in [0.2, 0.25) is 0 Å². The number of rotatable bonds is 10. The van der Waals surface area contributed by atoms with Crippen LogP contribution in [0.15, 0.2) is 0 Å². The van der Waals surface area contributed by atoms with Crippen molar-refractivity contribution in [2.24, 2.45) is 0 Å². The highest BCUT2D eigenvalue weighted by Gasteiger charge is 2.33. The van der Waals surface area contributed by atoms with E-state index in [1.807, 2.05) is 6.92 Å².